The molecule has 2 aliphatic rings. The van der Waals surface area contributed by atoms with Gasteiger partial charge in [-0.1, -0.05) is 5.16 Å². The van der Waals surface area contributed by atoms with Crippen LogP contribution in [-0.4, -0.2) is 34.6 Å². The van der Waals surface area contributed by atoms with Crippen molar-refractivity contribution in [1.82, 2.24) is 10.1 Å². The summed E-state index contributed by atoms with van der Waals surface area (Å²) in [6, 6.07) is 6.98. The van der Waals surface area contributed by atoms with E-state index in [1.807, 2.05) is 22.9 Å². The molecule has 1 aromatic carbocycles. The number of hydrogen-bond acceptors (Lipinski definition) is 8. The van der Waals surface area contributed by atoms with Crippen molar-refractivity contribution in [2.24, 2.45) is 0 Å². The van der Waals surface area contributed by atoms with Gasteiger partial charge in [0.25, 0.3) is 5.89 Å². The fourth-order valence-corrected chi connectivity index (χ4v) is 4.22. The van der Waals surface area contributed by atoms with Gasteiger partial charge in [-0.15, -0.1) is 0 Å². The largest absolute Gasteiger partial charge is 0.452 e. The lowest BCUT2D eigenvalue weighted by Crippen LogP contribution is -2.43. The van der Waals surface area contributed by atoms with Gasteiger partial charge in [-0.3, -0.25) is 4.79 Å². The summed E-state index contributed by atoms with van der Waals surface area (Å²) in [5.41, 5.74) is 2.79. The maximum absolute atomic E-state index is 12.4. The summed E-state index contributed by atoms with van der Waals surface area (Å²) in [5, 5.41) is 10.6. The first-order chi connectivity index (χ1) is 13.7. The van der Waals surface area contributed by atoms with E-state index in [0.29, 0.717) is 17.1 Å². The van der Waals surface area contributed by atoms with Crippen molar-refractivity contribution >= 4 is 34.6 Å². The number of esters is 1. The molecule has 1 amide bonds. The number of fused-ring (bicyclic) bond motifs is 3. The van der Waals surface area contributed by atoms with E-state index in [1.54, 1.807) is 12.1 Å². The Kier molecular flexibility index (Phi) is 4.09. The van der Waals surface area contributed by atoms with Gasteiger partial charge in [0.05, 0.1) is 16.9 Å². The van der Waals surface area contributed by atoms with Crippen LogP contribution in [0, 0.1) is 0 Å². The van der Waals surface area contributed by atoms with Crippen molar-refractivity contribution in [1.29, 1.82) is 0 Å². The van der Waals surface area contributed by atoms with E-state index in [1.165, 1.54) is 11.3 Å². The van der Waals surface area contributed by atoms with E-state index in [0.717, 1.165) is 30.6 Å². The molecule has 0 bridgehead atoms. The van der Waals surface area contributed by atoms with E-state index in [-0.39, 0.29) is 24.4 Å². The van der Waals surface area contributed by atoms with Crippen LogP contribution in [-0.2, 0) is 16.1 Å². The van der Waals surface area contributed by atoms with Crippen LogP contribution in [0.25, 0.3) is 11.4 Å². The first-order valence-electron chi connectivity index (χ1n) is 8.93. The number of carbonyl (C=O) groups is 2. The molecular formula is C19H16N4O4S. The number of nitrogens with one attached hydrogen (secondary N) is 1. The van der Waals surface area contributed by atoms with Crippen LogP contribution in [0.5, 0.6) is 0 Å². The lowest BCUT2D eigenvalue weighted by atomic mass is 10.1. The SMILES string of the molecule is O=C(OCc1nc(-c2ccsc2)no1)c1ccc2c(c1)NC(=O)[C@@H]1CCCN21. The topological polar surface area (TPSA) is 97.6 Å². The Hall–Kier alpha value is -3.20. The monoisotopic (exact) mass is 396 g/mol. The summed E-state index contributed by atoms with van der Waals surface area (Å²) in [5.74, 6) is 0.142. The van der Waals surface area contributed by atoms with Gasteiger partial charge in [0.1, 0.15) is 6.04 Å². The highest BCUT2D eigenvalue weighted by Crippen LogP contribution is 2.37. The van der Waals surface area contributed by atoms with Crippen LogP contribution in [0.15, 0.2) is 39.5 Å². The lowest BCUT2D eigenvalue weighted by molar-refractivity contribution is -0.117. The summed E-state index contributed by atoms with van der Waals surface area (Å²) >= 11 is 1.54. The minimum atomic E-state index is -0.518. The normalized spacial score (nSPS) is 17.8. The predicted molar refractivity (Wildman–Crippen MR) is 102 cm³/mol. The molecule has 0 saturated carbocycles. The number of aromatic nitrogens is 2. The Morgan fingerprint density at radius 1 is 1.39 bits per heavy atom. The third-order valence-corrected chi connectivity index (χ3v) is 5.61. The minimum Gasteiger partial charge on any atom is -0.452 e. The third kappa shape index (κ3) is 2.93. The maximum Gasteiger partial charge on any atom is 0.338 e. The van der Waals surface area contributed by atoms with Crippen molar-refractivity contribution in [2.75, 3.05) is 16.8 Å². The molecule has 28 heavy (non-hydrogen) atoms. The van der Waals surface area contributed by atoms with Crippen molar-refractivity contribution in [3.05, 3.63) is 46.5 Å². The molecule has 1 atom stereocenters. The zero-order valence-electron chi connectivity index (χ0n) is 14.8. The van der Waals surface area contributed by atoms with Gasteiger partial charge in [-0.25, -0.2) is 4.79 Å². The standard InChI is InChI=1S/C19H16N4O4S/c24-18-15-2-1-6-23(15)14-4-3-11(8-13(14)20-18)19(25)26-9-16-21-17(22-27-16)12-5-7-28-10-12/h3-5,7-8,10,15H,1-2,6,9H2,(H,20,24)/t15-/m0/s1. The average Bonchev–Trinajstić information content (AvgIpc) is 3.47. The van der Waals surface area contributed by atoms with Crippen molar-refractivity contribution in [3.8, 4) is 11.4 Å². The van der Waals surface area contributed by atoms with Crippen LogP contribution in [0.3, 0.4) is 0 Å². The lowest BCUT2D eigenvalue weighted by Gasteiger charge is -2.33. The Labute approximate surface area is 164 Å². The molecule has 1 fully saturated rings. The summed E-state index contributed by atoms with van der Waals surface area (Å²) in [6.45, 7) is 0.728. The first kappa shape index (κ1) is 16.9. The number of hydrogen-bond donors (Lipinski definition) is 1. The van der Waals surface area contributed by atoms with Crippen LogP contribution in [0.2, 0.25) is 0 Å². The molecule has 2 aliphatic heterocycles. The van der Waals surface area contributed by atoms with Crippen molar-refractivity contribution in [2.45, 2.75) is 25.5 Å². The zero-order valence-corrected chi connectivity index (χ0v) is 15.6. The van der Waals surface area contributed by atoms with Gasteiger partial charge in [0.15, 0.2) is 6.61 Å². The first-order valence-corrected chi connectivity index (χ1v) is 9.87. The summed E-state index contributed by atoms with van der Waals surface area (Å²) in [6.07, 6.45) is 1.84. The number of amides is 1. The Bertz CT molecular complexity index is 1050. The van der Waals surface area contributed by atoms with Gasteiger partial charge in [0.2, 0.25) is 11.7 Å². The molecule has 142 valence electrons. The van der Waals surface area contributed by atoms with Gasteiger partial charge in [-0.2, -0.15) is 16.3 Å². The zero-order chi connectivity index (χ0) is 19.1. The second-order valence-electron chi connectivity index (χ2n) is 6.67. The second-order valence-corrected chi connectivity index (χ2v) is 7.45. The second kappa shape index (κ2) is 6.75. The van der Waals surface area contributed by atoms with E-state index in [4.69, 9.17) is 9.26 Å². The number of rotatable bonds is 4. The quantitative estimate of drug-likeness (QED) is 0.677. The van der Waals surface area contributed by atoms with Crippen molar-refractivity contribution < 1.29 is 18.8 Å². The van der Waals surface area contributed by atoms with Crippen LogP contribution in [0.4, 0.5) is 11.4 Å². The highest BCUT2D eigenvalue weighted by Gasteiger charge is 2.36. The van der Waals surface area contributed by atoms with Gasteiger partial charge in [-0.05, 0) is 42.5 Å². The number of nitrogens with zero attached hydrogens (tertiary/aromatic N) is 3. The van der Waals surface area contributed by atoms with Gasteiger partial charge in [0, 0.05) is 17.5 Å². The molecule has 0 aliphatic carbocycles. The maximum atomic E-state index is 12.4. The molecular weight excluding hydrogens is 380 g/mol. The number of anilines is 2. The number of ether oxygens (including phenoxy) is 1. The Morgan fingerprint density at radius 3 is 3.18 bits per heavy atom. The van der Waals surface area contributed by atoms with Gasteiger partial charge < -0.3 is 19.5 Å². The molecule has 0 unspecified atom stereocenters. The predicted octanol–water partition coefficient (Wildman–Crippen LogP) is 3.08. The van der Waals surface area contributed by atoms with Crippen LogP contribution in [0.1, 0.15) is 29.1 Å². The number of benzene rings is 1. The van der Waals surface area contributed by atoms with Gasteiger partial charge >= 0.3 is 5.97 Å². The van der Waals surface area contributed by atoms with E-state index in [2.05, 4.69) is 20.4 Å². The summed E-state index contributed by atoms with van der Waals surface area (Å²) in [7, 11) is 0. The Morgan fingerprint density at radius 2 is 2.32 bits per heavy atom. The minimum absolute atomic E-state index is 0.0256. The highest BCUT2D eigenvalue weighted by atomic mass is 32.1. The molecule has 8 nitrogen and oxygen atoms in total. The third-order valence-electron chi connectivity index (χ3n) is 4.93. The van der Waals surface area contributed by atoms with Crippen LogP contribution < -0.4 is 10.2 Å². The Balaban J connectivity index is 1.29. The molecule has 2 aromatic heterocycles. The van der Waals surface area contributed by atoms with Crippen molar-refractivity contribution in [3.63, 3.8) is 0 Å². The van der Waals surface area contributed by atoms with E-state index in [9.17, 15) is 9.59 Å². The molecule has 4 heterocycles. The molecule has 3 aromatic rings. The molecule has 1 saturated heterocycles. The van der Waals surface area contributed by atoms with Crippen LogP contribution >= 0.6 is 11.3 Å². The highest BCUT2D eigenvalue weighted by molar-refractivity contribution is 7.08. The summed E-state index contributed by atoms with van der Waals surface area (Å²) < 4.78 is 10.4. The fourth-order valence-electron chi connectivity index (χ4n) is 3.59. The number of thiophene rings is 1. The molecule has 0 radical (unpaired) electrons. The van der Waals surface area contributed by atoms with E-state index >= 15 is 0 Å². The smallest absolute Gasteiger partial charge is 0.338 e. The fraction of sp³-hybridized carbons (Fsp3) is 0.263. The summed E-state index contributed by atoms with van der Waals surface area (Å²) in [4.78, 5) is 31.0. The molecule has 9 heteroatoms. The average molecular weight is 396 g/mol. The van der Waals surface area contributed by atoms with E-state index < -0.39 is 5.97 Å². The molecule has 1 N–H and O–H groups in total. The number of carbonyl (C=O) groups excluding carboxylic acids is 2. The molecule has 5 rings (SSSR count). The molecule has 0 spiro atoms.